The molecule has 4 heteroatoms. The Bertz CT molecular complexity index is 347. The van der Waals surface area contributed by atoms with Crippen LogP contribution in [0.15, 0.2) is 18.7 Å². The molecule has 0 aromatic carbocycles. The van der Waals surface area contributed by atoms with E-state index in [1.807, 2.05) is 0 Å². The summed E-state index contributed by atoms with van der Waals surface area (Å²) in [5.74, 6) is 1.48. The van der Waals surface area contributed by atoms with Crippen molar-refractivity contribution in [3.63, 3.8) is 0 Å². The van der Waals surface area contributed by atoms with Crippen LogP contribution in [0.1, 0.15) is 33.1 Å². The molecule has 16 heavy (non-hydrogen) atoms. The lowest BCUT2D eigenvalue weighted by atomic mass is 9.79. The molecule has 1 saturated carbocycles. The molecule has 1 aliphatic carbocycles. The van der Waals surface area contributed by atoms with Gasteiger partial charge in [0.15, 0.2) is 0 Å². The van der Waals surface area contributed by atoms with Gasteiger partial charge in [0.05, 0.1) is 0 Å². The van der Waals surface area contributed by atoms with Crippen molar-refractivity contribution in [2.75, 3.05) is 0 Å². The standard InChI is InChI=1S/C12H19N3O/c1-9-3-4-11(7-10(9)2)14-12(16)15-6-5-13-8-15/h5-6,8-11H,3-4,7H2,1-2H3,(H,14,16). The molecule has 4 nitrogen and oxygen atoms in total. The average Bonchev–Trinajstić information content (AvgIpc) is 2.77. The van der Waals surface area contributed by atoms with E-state index in [0.717, 1.165) is 18.8 Å². The normalized spacial score (nSPS) is 30.0. The van der Waals surface area contributed by atoms with Gasteiger partial charge in [-0.2, -0.15) is 0 Å². The molecule has 0 radical (unpaired) electrons. The van der Waals surface area contributed by atoms with Gasteiger partial charge in [-0.15, -0.1) is 0 Å². The van der Waals surface area contributed by atoms with Crippen molar-refractivity contribution in [3.05, 3.63) is 18.7 Å². The number of aromatic nitrogens is 2. The number of imidazole rings is 1. The fourth-order valence-corrected chi connectivity index (χ4v) is 2.31. The van der Waals surface area contributed by atoms with E-state index in [4.69, 9.17) is 0 Å². The molecule has 1 aliphatic rings. The predicted molar refractivity (Wildman–Crippen MR) is 62.1 cm³/mol. The Morgan fingerprint density at radius 1 is 1.38 bits per heavy atom. The molecular formula is C12H19N3O. The van der Waals surface area contributed by atoms with Crippen molar-refractivity contribution in [1.82, 2.24) is 14.9 Å². The highest BCUT2D eigenvalue weighted by Gasteiger charge is 2.25. The van der Waals surface area contributed by atoms with Crippen LogP contribution in [0.5, 0.6) is 0 Å². The molecule has 3 unspecified atom stereocenters. The maximum Gasteiger partial charge on any atom is 0.327 e. The van der Waals surface area contributed by atoms with Gasteiger partial charge in [0.2, 0.25) is 0 Å². The summed E-state index contributed by atoms with van der Waals surface area (Å²) in [5, 5.41) is 3.06. The van der Waals surface area contributed by atoms with Gasteiger partial charge in [-0.3, -0.25) is 4.57 Å². The van der Waals surface area contributed by atoms with Crippen LogP contribution in [0.4, 0.5) is 4.79 Å². The van der Waals surface area contributed by atoms with E-state index in [0.29, 0.717) is 12.0 Å². The van der Waals surface area contributed by atoms with Gasteiger partial charge in [-0.05, 0) is 31.1 Å². The highest BCUT2D eigenvalue weighted by Crippen LogP contribution is 2.29. The van der Waals surface area contributed by atoms with Gasteiger partial charge in [-0.25, -0.2) is 9.78 Å². The third-order valence-electron chi connectivity index (χ3n) is 3.66. The van der Waals surface area contributed by atoms with Crippen molar-refractivity contribution in [3.8, 4) is 0 Å². The number of nitrogens with zero attached hydrogens (tertiary/aromatic N) is 2. The maximum absolute atomic E-state index is 11.8. The monoisotopic (exact) mass is 221 g/mol. The first-order valence-electron chi connectivity index (χ1n) is 5.95. The minimum Gasteiger partial charge on any atom is -0.335 e. The molecule has 1 heterocycles. The number of rotatable bonds is 1. The minimum atomic E-state index is -0.0655. The Hall–Kier alpha value is -1.32. The van der Waals surface area contributed by atoms with Crippen molar-refractivity contribution in [1.29, 1.82) is 0 Å². The highest BCUT2D eigenvalue weighted by atomic mass is 16.2. The molecule has 3 atom stereocenters. The van der Waals surface area contributed by atoms with Gasteiger partial charge in [-0.1, -0.05) is 13.8 Å². The van der Waals surface area contributed by atoms with Crippen molar-refractivity contribution >= 4 is 6.03 Å². The van der Waals surface area contributed by atoms with E-state index in [1.165, 1.54) is 17.3 Å². The second-order valence-electron chi connectivity index (χ2n) is 4.88. The summed E-state index contributed by atoms with van der Waals surface area (Å²) < 4.78 is 1.49. The summed E-state index contributed by atoms with van der Waals surface area (Å²) in [6.07, 6.45) is 8.20. The first-order chi connectivity index (χ1) is 7.66. The number of amides is 1. The van der Waals surface area contributed by atoms with E-state index in [9.17, 15) is 4.79 Å². The number of carbonyl (C=O) groups excluding carboxylic acids is 1. The number of hydrogen-bond donors (Lipinski definition) is 1. The molecule has 0 bridgehead atoms. The smallest absolute Gasteiger partial charge is 0.327 e. The fourth-order valence-electron chi connectivity index (χ4n) is 2.31. The SMILES string of the molecule is CC1CCC(NC(=O)n2ccnc2)CC1C. The Morgan fingerprint density at radius 3 is 2.81 bits per heavy atom. The summed E-state index contributed by atoms with van der Waals surface area (Å²) in [6, 6.07) is 0.255. The third kappa shape index (κ3) is 2.43. The zero-order valence-corrected chi connectivity index (χ0v) is 9.89. The molecule has 1 aromatic heterocycles. The van der Waals surface area contributed by atoms with Crippen LogP contribution < -0.4 is 5.32 Å². The average molecular weight is 221 g/mol. The summed E-state index contributed by atoms with van der Waals surface area (Å²) in [7, 11) is 0. The number of carbonyl (C=O) groups is 1. The van der Waals surface area contributed by atoms with Gasteiger partial charge in [0, 0.05) is 18.4 Å². The number of hydrogen-bond acceptors (Lipinski definition) is 2. The molecule has 0 spiro atoms. The Labute approximate surface area is 96.1 Å². The summed E-state index contributed by atoms with van der Waals surface area (Å²) >= 11 is 0. The van der Waals surface area contributed by atoms with Crippen molar-refractivity contribution in [2.45, 2.75) is 39.2 Å². The van der Waals surface area contributed by atoms with Crippen LogP contribution in [0.3, 0.4) is 0 Å². The first kappa shape index (κ1) is 11.2. The topological polar surface area (TPSA) is 46.9 Å². The molecular weight excluding hydrogens is 202 g/mol. The van der Waals surface area contributed by atoms with Crippen LogP contribution in [0, 0.1) is 11.8 Å². The summed E-state index contributed by atoms with van der Waals surface area (Å²) in [5.41, 5.74) is 0. The van der Waals surface area contributed by atoms with Crippen molar-refractivity contribution < 1.29 is 4.79 Å². The lowest BCUT2D eigenvalue weighted by Gasteiger charge is -2.32. The van der Waals surface area contributed by atoms with E-state index < -0.39 is 0 Å². The quantitative estimate of drug-likeness (QED) is 0.790. The largest absolute Gasteiger partial charge is 0.335 e. The fraction of sp³-hybridized carbons (Fsp3) is 0.667. The van der Waals surface area contributed by atoms with Crippen LogP contribution in [-0.4, -0.2) is 21.6 Å². The van der Waals surface area contributed by atoms with E-state index in [-0.39, 0.29) is 6.03 Å². The Morgan fingerprint density at radius 2 is 2.19 bits per heavy atom. The molecule has 88 valence electrons. The molecule has 1 amide bonds. The van der Waals surface area contributed by atoms with Crippen molar-refractivity contribution in [2.24, 2.45) is 11.8 Å². The third-order valence-corrected chi connectivity index (χ3v) is 3.66. The molecule has 2 rings (SSSR count). The molecule has 0 aliphatic heterocycles. The summed E-state index contributed by atoms with van der Waals surface area (Å²) in [6.45, 7) is 4.55. The second-order valence-corrected chi connectivity index (χ2v) is 4.88. The molecule has 1 fully saturated rings. The Balaban J connectivity index is 1.89. The predicted octanol–water partition coefficient (Wildman–Crippen LogP) is 2.27. The zero-order chi connectivity index (χ0) is 11.5. The van der Waals surface area contributed by atoms with E-state index in [2.05, 4.69) is 24.1 Å². The number of nitrogens with one attached hydrogen (secondary N) is 1. The van der Waals surface area contributed by atoms with E-state index in [1.54, 1.807) is 12.4 Å². The molecule has 1 N–H and O–H groups in total. The minimum absolute atomic E-state index is 0.0655. The maximum atomic E-state index is 11.8. The highest BCUT2D eigenvalue weighted by molar-refractivity contribution is 5.76. The van der Waals surface area contributed by atoms with Gasteiger partial charge in [0.1, 0.15) is 6.33 Å². The van der Waals surface area contributed by atoms with Gasteiger partial charge >= 0.3 is 6.03 Å². The van der Waals surface area contributed by atoms with Crippen LogP contribution in [0.25, 0.3) is 0 Å². The lowest BCUT2D eigenvalue weighted by Crippen LogP contribution is -2.41. The van der Waals surface area contributed by atoms with Crippen LogP contribution in [-0.2, 0) is 0 Å². The lowest BCUT2D eigenvalue weighted by molar-refractivity contribution is 0.209. The first-order valence-corrected chi connectivity index (χ1v) is 5.95. The van der Waals surface area contributed by atoms with Crippen LogP contribution in [0.2, 0.25) is 0 Å². The Kier molecular flexibility index (Phi) is 3.27. The van der Waals surface area contributed by atoms with Gasteiger partial charge < -0.3 is 5.32 Å². The molecule has 0 saturated heterocycles. The molecule has 1 aromatic rings. The van der Waals surface area contributed by atoms with E-state index >= 15 is 0 Å². The second kappa shape index (κ2) is 4.68. The zero-order valence-electron chi connectivity index (χ0n) is 9.89. The van der Waals surface area contributed by atoms with Crippen LogP contribution >= 0.6 is 0 Å². The summed E-state index contributed by atoms with van der Waals surface area (Å²) in [4.78, 5) is 15.6. The van der Waals surface area contributed by atoms with Gasteiger partial charge in [0.25, 0.3) is 0 Å².